The first-order valence-electron chi connectivity index (χ1n) is 7.08. The van der Waals surface area contributed by atoms with Crippen molar-refractivity contribution in [3.63, 3.8) is 0 Å². The number of hydrogen-bond donors (Lipinski definition) is 1. The van der Waals surface area contributed by atoms with E-state index in [1.807, 2.05) is 0 Å². The summed E-state index contributed by atoms with van der Waals surface area (Å²) in [5.74, 6) is -0.126. The lowest BCUT2D eigenvalue weighted by atomic mass is 9.80. The minimum Gasteiger partial charge on any atom is -0.481 e. The molecule has 0 saturated carbocycles. The smallest absolute Gasteiger partial charge is 0.305 e. The molecule has 1 aliphatic rings. The lowest BCUT2D eigenvalue weighted by molar-refractivity contribution is -0.142. The summed E-state index contributed by atoms with van der Waals surface area (Å²) < 4.78 is 5.39. The first-order valence-corrected chi connectivity index (χ1v) is 7.08. The minimum atomic E-state index is -0.688. The summed E-state index contributed by atoms with van der Waals surface area (Å²) in [6.07, 6.45) is 3.20. The van der Waals surface area contributed by atoms with E-state index in [0.29, 0.717) is 5.92 Å². The van der Waals surface area contributed by atoms with Crippen molar-refractivity contribution in [3.8, 4) is 0 Å². The molecule has 0 aromatic carbocycles. The Hall–Kier alpha value is -0.610. The maximum atomic E-state index is 11.2. The fourth-order valence-corrected chi connectivity index (χ4v) is 2.92. The van der Waals surface area contributed by atoms with Crippen molar-refractivity contribution in [2.45, 2.75) is 52.0 Å². The Morgan fingerprint density at radius 1 is 1.39 bits per heavy atom. The molecule has 2 unspecified atom stereocenters. The van der Waals surface area contributed by atoms with Gasteiger partial charge in [-0.2, -0.15) is 0 Å². The normalized spacial score (nSPS) is 22.4. The predicted octanol–water partition coefficient (Wildman–Crippen LogP) is 2.38. The van der Waals surface area contributed by atoms with Crippen LogP contribution in [0.25, 0.3) is 0 Å². The van der Waals surface area contributed by atoms with Gasteiger partial charge in [0.25, 0.3) is 0 Å². The van der Waals surface area contributed by atoms with Gasteiger partial charge in [0, 0.05) is 18.6 Å². The molecule has 1 aliphatic heterocycles. The highest BCUT2D eigenvalue weighted by atomic mass is 16.5. The number of carbonyl (C=O) groups is 1. The third-order valence-electron chi connectivity index (χ3n) is 4.25. The monoisotopic (exact) mass is 257 g/mol. The number of hydrogen-bond acceptors (Lipinski definition) is 3. The number of aliphatic carboxylic acids is 1. The number of carboxylic acids is 1. The molecule has 0 aliphatic carbocycles. The lowest BCUT2D eigenvalue weighted by Crippen LogP contribution is -2.55. The zero-order valence-corrected chi connectivity index (χ0v) is 11.9. The summed E-state index contributed by atoms with van der Waals surface area (Å²) in [5.41, 5.74) is -0.189. The number of ether oxygens (including phenoxy) is 1. The molecule has 0 aromatic heterocycles. The van der Waals surface area contributed by atoms with Crippen LogP contribution in [0.1, 0.15) is 46.5 Å². The van der Waals surface area contributed by atoms with E-state index in [2.05, 4.69) is 25.7 Å². The van der Waals surface area contributed by atoms with Crippen molar-refractivity contribution in [2.75, 3.05) is 26.3 Å². The van der Waals surface area contributed by atoms with Crippen molar-refractivity contribution in [3.05, 3.63) is 0 Å². The Kier molecular flexibility index (Phi) is 6.09. The second kappa shape index (κ2) is 7.10. The second-order valence-electron chi connectivity index (χ2n) is 5.47. The summed E-state index contributed by atoms with van der Waals surface area (Å²) in [4.78, 5) is 13.6. The third kappa shape index (κ3) is 3.95. The molecular weight excluding hydrogens is 230 g/mol. The van der Waals surface area contributed by atoms with E-state index < -0.39 is 5.97 Å². The van der Waals surface area contributed by atoms with Crippen LogP contribution in [0.15, 0.2) is 0 Å². The first kappa shape index (κ1) is 15.4. The van der Waals surface area contributed by atoms with Crippen LogP contribution >= 0.6 is 0 Å². The molecule has 0 aromatic rings. The molecule has 1 N–H and O–H groups in total. The van der Waals surface area contributed by atoms with Crippen molar-refractivity contribution in [1.29, 1.82) is 0 Å². The van der Waals surface area contributed by atoms with E-state index in [4.69, 9.17) is 4.74 Å². The van der Waals surface area contributed by atoms with Gasteiger partial charge in [0.05, 0.1) is 19.6 Å². The van der Waals surface area contributed by atoms with Gasteiger partial charge in [-0.05, 0) is 18.8 Å². The first-order chi connectivity index (χ1) is 8.54. The molecule has 0 spiro atoms. The number of morpholine rings is 1. The maximum Gasteiger partial charge on any atom is 0.305 e. The van der Waals surface area contributed by atoms with Gasteiger partial charge in [0.2, 0.25) is 0 Å². The van der Waals surface area contributed by atoms with Crippen LogP contribution in [0.2, 0.25) is 0 Å². The van der Waals surface area contributed by atoms with Crippen LogP contribution < -0.4 is 0 Å². The quantitative estimate of drug-likeness (QED) is 0.760. The van der Waals surface area contributed by atoms with Crippen LogP contribution in [0.3, 0.4) is 0 Å². The molecule has 4 heteroatoms. The van der Waals surface area contributed by atoms with Gasteiger partial charge in [0.15, 0.2) is 0 Å². The van der Waals surface area contributed by atoms with Crippen LogP contribution in [0, 0.1) is 5.92 Å². The van der Waals surface area contributed by atoms with E-state index in [-0.39, 0.29) is 12.0 Å². The standard InChI is InChI=1S/C14H27NO3/c1-4-12(3)10-14(5-2,11-13(16)17)15-6-8-18-9-7-15/h12H,4-11H2,1-3H3,(H,16,17). The zero-order valence-electron chi connectivity index (χ0n) is 11.9. The van der Waals surface area contributed by atoms with E-state index in [1.54, 1.807) is 0 Å². The molecule has 1 fully saturated rings. The second-order valence-corrected chi connectivity index (χ2v) is 5.47. The number of carboxylic acid groups (broad SMARTS) is 1. The van der Waals surface area contributed by atoms with E-state index in [1.165, 1.54) is 0 Å². The van der Waals surface area contributed by atoms with E-state index in [9.17, 15) is 9.90 Å². The Balaban J connectivity index is 2.84. The highest BCUT2D eigenvalue weighted by molar-refractivity contribution is 5.68. The Morgan fingerprint density at radius 2 is 2.00 bits per heavy atom. The zero-order chi connectivity index (χ0) is 13.6. The molecule has 0 amide bonds. The summed E-state index contributed by atoms with van der Waals surface area (Å²) >= 11 is 0. The Morgan fingerprint density at radius 3 is 2.44 bits per heavy atom. The maximum absolute atomic E-state index is 11.2. The van der Waals surface area contributed by atoms with Gasteiger partial charge in [-0.1, -0.05) is 27.2 Å². The van der Waals surface area contributed by atoms with E-state index in [0.717, 1.165) is 45.6 Å². The van der Waals surface area contributed by atoms with Crippen LogP contribution in [0.4, 0.5) is 0 Å². The molecule has 1 saturated heterocycles. The molecule has 106 valence electrons. The summed E-state index contributed by atoms with van der Waals surface area (Å²) in [5, 5.41) is 9.24. The van der Waals surface area contributed by atoms with Crippen molar-refractivity contribution in [1.82, 2.24) is 4.90 Å². The van der Waals surface area contributed by atoms with Crippen molar-refractivity contribution >= 4 is 5.97 Å². The molecule has 0 bridgehead atoms. The highest BCUT2D eigenvalue weighted by Crippen LogP contribution is 2.33. The van der Waals surface area contributed by atoms with Crippen LogP contribution in [0.5, 0.6) is 0 Å². The van der Waals surface area contributed by atoms with Crippen molar-refractivity contribution in [2.24, 2.45) is 5.92 Å². The Labute approximate surface area is 110 Å². The summed E-state index contributed by atoms with van der Waals surface area (Å²) in [6.45, 7) is 9.66. The van der Waals surface area contributed by atoms with Crippen LogP contribution in [-0.2, 0) is 9.53 Å². The average Bonchev–Trinajstić information content (AvgIpc) is 2.38. The number of rotatable bonds is 7. The third-order valence-corrected chi connectivity index (χ3v) is 4.25. The fraction of sp³-hybridized carbons (Fsp3) is 0.929. The van der Waals surface area contributed by atoms with Gasteiger partial charge in [-0.25, -0.2) is 0 Å². The van der Waals surface area contributed by atoms with Gasteiger partial charge in [0.1, 0.15) is 0 Å². The van der Waals surface area contributed by atoms with Gasteiger partial charge in [-0.3, -0.25) is 9.69 Å². The van der Waals surface area contributed by atoms with Crippen molar-refractivity contribution < 1.29 is 14.6 Å². The number of nitrogens with zero attached hydrogens (tertiary/aromatic N) is 1. The van der Waals surface area contributed by atoms with E-state index >= 15 is 0 Å². The summed E-state index contributed by atoms with van der Waals surface area (Å²) in [6, 6.07) is 0. The molecule has 2 atom stereocenters. The highest BCUT2D eigenvalue weighted by Gasteiger charge is 2.38. The Bertz CT molecular complexity index is 264. The van der Waals surface area contributed by atoms with Crippen LogP contribution in [-0.4, -0.2) is 47.8 Å². The largest absolute Gasteiger partial charge is 0.481 e. The molecular formula is C14H27NO3. The summed E-state index contributed by atoms with van der Waals surface area (Å²) in [7, 11) is 0. The van der Waals surface area contributed by atoms with Gasteiger partial charge < -0.3 is 9.84 Å². The molecule has 18 heavy (non-hydrogen) atoms. The average molecular weight is 257 g/mol. The topological polar surface area (TPSA) is 49.8 Å². The molecule has 1 rings (SSSR count). The fourth-order valence-electron chi connectivity index (χ4n) is 2.92. The predicted molar refractivity (Wildman–Crippen MR) is 71.7 cm³/mol. The van der Waals surface area contributed by atoms with Gasteiger partial charge >= 0.3 is 5.97 Å². The van der Waals surface area contributed by atoms with Gasteiger partial charge in [-0.15, -0.1) is 0 Å². The molecule has 1 heterocycles. The molecule has 0 radical (unpaired) electrons. The SMILES string of the molecule is CCC(C)CC(CC)(CC(=O)O)N1CCOCC1. The minimum absolute atomic E-state index is 0.189. The molecule has 4 nitrogen and oxygen atoms in total. The lowest BCUT2D eigenvalue weighted by Gasteiger charge is -2.46.